The maximum absolute atomic E-state index is 12.7. The Balaban J connectivity index is 1.21. The fourth-order valence-electron chi connectivity index (χ4n) is 4.60. The van der Waals surface area contributed by atoms with Gasteiger partial charge in [-0.3, -0.25) is 14.9 Å². The average molecular weight is 688 g/mol. The predicted molar refractivity (Wildman–Crippen MR) is 172 cm³/mol. The predicted octanol–water partition coefficient (Wildman–Crippen LogP) is 6.98. The Kier molecular flexibility index (Phi) is 9.62. The SMILES string of the molecule is Cc1ccc(C)n1-c1ccc(OCc2ccc(C(=O)N/N=C/c3cc(Br)cc([N+](=O)[O-])c3OCc3ccc(C(=O)O)cc3)o2)cc1. The van der Waals surface area contributed by atoms with Gasteiger partial charge in [-0.2, -0.15) is 5.10 Å². The number of aromatic nitrogens is 1. The molecule has 0 spiro atoms. The van der Waals surface area contributed by atoms with Crippen molar-refractivity contribution in [2.24, 2.45) is 5.10 Å². The molecule has 0 fully saturated rings. The standard InChI is InChI=1S/C33H27BrN4O8/c1-20-3-4-21(2)37(20)26-9-11-27(12-10-26)44-19-28-13-14-30(46-28)32(39)36-35-17-24-15-25(34)16-29(38(42)43)31(24)45-18-22-5-7-23(8-6-22)33(40)41/h3-17H,18-19H2,1-2H3,(H,36,39)(H,40,41)/b35-17+. The number of aryl methyl sites for hydroxylation is 2. The number of aromatic carboxylic acids is 1. The van der Waals surface area contributed by atoms with Crippen molar-refractivity contribution >= 4 is 39.7 Å². The summed E-state index contributed by atoms with van der Waals surface area (Å²) in [5.74, 6) is -0.754. The summed E-state index contributed by atoms with van der Waals surface area (Å²) in [5.41, 5.74) is 6.20. The number of hydrazone groups is 1. The molecule has 1 amide bonds. The first kappa shape index (κ1) is 31.7. The Morgan fingerprint density at radius 2 is 1.67 bits per heavy atom. The number of furan rings is 1. The lowest BCUT2D eigenvalue weighted by Crippen LogP contribution is -2.17. The molecule has 13 heteroatoms. The van der Waals surface area contributed by atoms with Crippen LogP contribution in [0.25, 0.3) is 5.69 Å². The van der Waals surface area contributed by atoms with E-state index in [0.29, 0.717) is 21.5 Å². The molecule has 234 valence electrons. The molecule has 46 heavy (non-hydrogen) atoms. The minimum Gasteiger partial charge on any atom is -0.486 e. The molecule has 0 aliphatic rings. The first-order valence-electron chi connectivity index (χ1n) is 13.8. The van der Waals surface area contributed by atoms with Crippen LogP contribution in [0.5, 0.6) is 11.5 Å². The van der Waals surface area contributed by atoms with Crippen molar-refractivity contribution in [2.75, 3.05) is 0 Å². The number of ether oxygens (including phenoxy) is 2. The van der Waals surface area contributed by atoms with Gasteiger partial charge in [0.25, 0.3) is 0 Å². The van der Waals surface area contributed by atoms with Crippen LogP contribution < -0.4 is 14.9 Å². The van der Waals surface area contributed by atoms with Gasteiger partial charge in [-0.1, -0.05) is 28.1 Å². The highest BCUT2D eigenvalue weighted by atomic mass is 79.9. The van der Waals surface area contributed by atoms with Crippen LogP contribution in [0.1, 0.15) is 49.2 Å². The number of hydrogen-bond acceptors (Lipinski definition) is 8. The smallest absolute Gasteiger partial charge is 0.335 e. The van der Waals surface area contributed by atoms with E-state index in [1.165, 1.54) is 30.5 Å². The van der Waals surface area contributed by atoms with E-state index in [0.717, 1.165) is 17.1 Å². The second-order valence-corrected chi connectivity index (χ2v) is 11.0. The first-order chi connectivity index (χ1) is 22.1. The topological polar surface area (TPSA) is 158 Å². The van der Waals surface area contributed by atoms with E-state index in [4.69, 9.17) is 19.0 Å². The Morgan fingerprint density at radius 1 is 0.978 bits per heavy atom. The summed E-state index contributed by atoms with van der Waals surface area (Å²) in [6, 6.07) is 23.6. The maximum atomic E-state index is 12.7. The highest BCUT2D eigenvalue weighted by Crippen LogP contribution is 2.34. The zero-order valence-corrected chi connectivity index (χ0v) is 26.2. The van der Waals surface area contributed by atoms with Gasteiger partial charge >= 0.3 is 17.6 Å². The second kappa shape index (κ2) is 13.9. The van der Waals surface area contributed by atoms with Crippen molar-refractivity contribution in [2.45, 2.75) is 27.1 Å². The molecule has 5 aromatic rings. The van der Waals surface area contributed by atoms with Crippen LogP contribution in [-0.2, 0) is 13.2 Å². The molecule has 0 aliphatic heterocycles. The Bertz CT molecular complexity index is 1910. The van der Waals surface area contributed by atoms with E-state index in [1.807, 2.05) is 38.1 Å². The Morgan fingerprint density at radius 3 is 2.33 bits per heavy atom. The number of nitrogens with one attached hydrogen (secondary N) is 1. The number of carboxylic acid groups (broad SMARTS) is 1. The Hall–Kier alpha value is -5.69. The second-order valence-electron chi connectivity index (χ2n) is 10.1. The van der Waals surface area contributed by atoms with Crippen LogP contribution in [0.2, 0.25) is 0 Å². The van der Waals surface area contributed by atoms with Crippen molar-refractivity contribution in [3.63, 3.8) is 0 Å². The summed E-state index contributed by atoms with van der Waals surface area (Å²) in [7, 11) is 0. The molecule has 5 rings (SSSR count). The van der Waals surface area contributed by atoms with Crippen LogP contribution in [0, 0.1) is 24.0 Å². The van der Waals surface area contributed by atoms with Gasteiger partial charge < -0.3 is 23.6 Å². The molecule has 2 N–H and O–H groups in total. The molecular weight excluding hydrogens is 660 g/mol. The zero-order valence-electron chi connectivity index (χ0n) is 24.6. The van der Waals surface area contributed by atoms with Crippen LogP contribution in [-0.4, -0.2) is 32.7 Å². The highest BCUT2D eigenvalue weighted by Gasteiger charge is 2.21. The number of halogens is 1. The van der Waals surface area contributed by atoms with Gasteiger partial charge in [0.2, 0.25) is 5.75 Å². The number of rotatable bonds is 12. The lowest BCUT2D eigenvalue weighted by molar-refractivity contribution is -0.386. The number of carboxylic acids is 1. The van der Waals surface area contributed by atoms with Crippen molar-refractivity contribution in [1.29, 1.82) is 0 Å². The van der Waals surface area contributed by atoms with Crippen LogP contribution in [0.3, 0.4) is 0 Å². The van der Waals surface area contributed by atoms with E-state index in [2.05, 4.69) is 43.2 Å². The molecule has 0 atom stereocenters. The van der Waals surface area contributed by atoms with Crippen LogP contribution in [0.4, 0.5) is 5.69 Å². The summed E-state index contributed by atoms with van der Waals surface area (Å²) in [4.78, 5) is 34.9. The largest absolute Gasteiger partial charge is 0.486 e. The fourth-order valence-corrected chi connectivity index (χ4v) is 5.07. The summed E-state index contributed by atoms with van der Waals surface area (Å²) in [5, 5.41) is 24.8. The number of benzene rings is 3. The summed E-state index contributed by atoms with van der Waals surface area (Å²) < 4.78 is 19.7. The molecule has 2 aromatic heterocycles. The lowest BCUT2D eigenvalue weighted by Gasteiger charge is -2.11. The van der Waals surface area contributed by atoms with Gasteiger partial charge in [0.15, 0.2) is 5.76 Å². The van der Waals surface area contributed by atoms with E-state index < -0.39 is 16.8 Å². The summed E-state index contributed by atoms with van der Waals surface area (Å²) in [6.07, 6.45) is 1.21. The van der Waals surface area contributed by atoms with Gasteiger partial charge in [-0.05, 0) is 86.1 Å². The molecule has 0 saturated carbocycles. The molecule has 2 heterocycles. The number of carbonyl (C=O) groups excluding carboxylic acids is 1. The maximum Gasteiger partial charge on any atom is 0.335 e. The number of nitro benzene ring substituents is 1. The fraction of sp³-hybridized carbons (Fsp3) is 0.121. The van der Waals surface area contributed by atoms with Crippen molar-refractivity contribution in [3.05, 3.63) is 139 Å². The van der Waals surface area contributed by atoms with E-state index in [1.54, 1.807) is 24.3 Å². The van der Waals surface area contributed by atoms with E-state index >= 15 is 0 Å². The number of nitrogens with zero attached hydrogens (tertiary/aromatic N) is 3. The van der Waals surface area contributed by atoms with Crippen molar-refractivity contribution < 1.29 is 33.5 Å². The molecule has 12 nitrogen and oxygen atoms in total. The van der Waals surface area contributed by atoms with Gasteiger partial charge in [-0.15, -0.1) is 0 Å². The third-order valence-electron chi connectivity index (χ3n) is 6.85. The third-order valence-corrected chi connectivity index (χ3v) is 7.30. The Labute approximate surface area is 271 Å². The van der Waals surface area contributed by atoms with Gasteiger partial charge in [0, 0.05) is 33.2 Å². The van der Waals surface area contributed by atoms with Gasteiger partial charge in [0.1, 0.15) is 24.7 Å². The molecule has 0 unspecified atom stereocenters. The van der Waals surface area contributed by atoms with Gasteiger partial charge in [0.05, 0.1) is 16.7 Å². The van der Waals surface area contributed by atoms with E-state index in [9.17, 15) is 19.7 Å². The summed E-state index contributed by atoms with van der Waals surface area (Å²) >= 11 is 3.25. The normalized spacial score (nSPS) is 11.0. The van der Waals surface area contributed by atoms with Crippen LogP contribution in [0.15, 0.2) is 98.9 Å². The minimum atomic E-state index is -1.07. The monoisotopic (exact) mass is 686 g/mol. The van der Waals surface area contributed by atoms with Crippen molar-refractivity contribution in [3.8, 4) is 17.2 Å². The molecule has 0 aliphatic carbocycles. The zero-order chi connectivity index (χ0) is 32.8. The van der Waals surface area contributed by atoms with Crippen LogP contribution >= 0.6 is 15.9 Å². The van der Waals surface area contributed by atoms with Crippen molar-refractivity contribution in [1.82, 2.24) is 9.99 Å². The minimum absolute atomic E-state index is 0.00819. The lowest BCUT2D eigenvalue weighted by atomic mass is 10.1. The number of hydrogen-bond donors (Lipinski definition) is 2. The third kappa shape index (κ3) is 7.50. The first-order valence-corrected chi connectivity index (χ1v) is 14.6. The molecule has 0 bridgehead atoms. The molecular formula is C33H27BrN4O8. The van der Waals surface area contributed by atoms with E-state index in [-0.39, 0.29) is 41.5 Å². The number of amides is 1. The molecule has 3 aromatic carbocycles. The van der Waals surface area contributed by atoms with Gasteiger partial charge in [-0.25, -0.2) is 10.2 Å². The molecule has 0 radical (unpaired) electrons. The number of nitro groups is 1. The average Bonchev–Trinajstić information content (AvgIpc) is 3.65. The number of carbonyl (C=O) groups is 2. The quantitative estimate of drug-likeness (QED) is 0.0808. The molecule has 0 saturated heterocycles. The highest BCUT2D eigenvalue weighted by molar-refractivity contribution is 9.10. The summed E-state index contributed by atoms with van der Waals surface area (Å²) in [6.45, 7) is 4.10.